The number of aromatic carboxylic acids is 1. The van der Waals surface area contributed by atoms with Gasteiger partial charge in [-0.15, -0.1) is 0 Å². The van der Waals surface area contributed by atoms with Gasteiger partial charge in [0, 0.05) is 19.3 Å². The second kappa shape index (κ2) is 6.06. The fourth-order valence-electron chi connectivity index (χ4n) is 1.75. The van der Waals surface area contributed by atoms with Gasteiger partial charge in [0.1, 0.15) is 5.82 Å². The van der Waals surface area contributed by atoms with E-state index in [1.54, 1.807) is 24.4 Å². The van der Waals surface area contributed by atoms with Crippen LogP contribution in [0.5, 0.6) is 0 Å². The molecule has 98 valence electrons. The predicted octanol–water partition coefficient (Wildman–Crippen LogP) is 1.77. The van der Waals surface area contributed by atoms with E-state index in [1.165, 1.54) is 0 Å². The summed E-state index contributed by atoms with van der Waals surface area (Å²) < 4.78 is 0. The minimum atomic E-state index is -0.909. The number of nitrogens with zero attached hydrogens (tertiary/aromatic N) is 2. The first kappa shape index (κ1) is 13.2. The van der Waals surface area contributed by atoms with Crippen LogP contribution in [-0.4, -0.2) is 21.0 Å². The maximum atomic E-state index is 10.8. The first-order valence-electron chi connectivity index (χ1n) is 5.96. The molecule has 0 fully saturated rings. The summed E-state index contributed by atoms with van der Waals surface area (Å²) in [6.07, 6.45) is 1.73. The van der Waals surface area contributed by atoms with Gasteiger partial charge in [-0.2, -0.15) is 0 Å². The Morgan fingerprint density at radius 1 is 1.32 bits per heavy atom. The number of carboxylic acids is 1. The van der Waals surface area contributed by atoms with E-state index in [-0.39, 0.29) is 0 Å². The first-order chi connectivity index (χ1) is 9.15. The lowest BCUT2D eigenvalue weighted by molar-refractivity contribution is 0.0696. The van der Waals surface area contributed by atoms with Crippen molar-refractivity contribution < 1.29 is 9.90 Å². The van der Waals surface area contributed by atoms with Crippen LogP contribution >= 0.6 is 0 Å². The van der Waals surface area contributed by atoms with Crippen LogP contribution in [-0.2, 0) is 13.1 Å². The molecule has 0 radical (unpaired) electrons. The summed E-state index contributed by atoms with van der Waals surface area (Å²) in [5, 5.41) is 12.1. The van der Waals surface area contributed by atoms with Crippen molar-refractivity contribution in [1.82, 2.24) is 15.3 Å². The Morgan fingerprint density at radius 2 is 2.16 bits per heavy atom. The first-order valence-corrected chi connectivity index (χ1v) is 5.96. The average molecular weight is 257 g/mol. The summed E-state index contributed by atoms with van der Waals surface area (Å²) >= 11 is 0. The Bertz CT molecular complexity index is 584. The molecule has 0 bridgehead atoms. The van der Waals surface area contributed by atoms with Gasteiger partial charge in [0.25, 0.3) is 0 Å². The normalized spacial score (nSPS) is 10.4. The number of nitrogens with one attached hydrogen (secondary N) is 1. The zero-order valence-electron chi connectivity index (χ0n) is 10.6. The van der Waals surface area contributed by atoms with Gasteiger partial charge in [-0.1, -0.05) is 12.1 Å². The molecule has 0 aliphatic carbocycles. The third kappa shape index (κ3) is 3.86. The van der Waals surface area contributed by atoms with E-state index < -0.39 is 5.97 Å². The molecule has 0 aliphatic rings. The van der Waals surface area contributed by atoms with Crippen LogP contribution in [0.2, 0.25) is 0 Å². The minimum Gasteiger partial charge on any atom is -0.478 e. The van der Waals surface area contributed by atoms with Crippen LogP contribution in [0.4, 0.5) is 0 Å². The standard InChI is InChI=1S/C14H15N3O2/c1-10-16-6-5-13(17-10)9-15-8-11-3-2-4-12(7-11)14(18)19/h2-7,15H,8-9H2,1H3,(H,18,19). The van der Waals surface area contributed by atoms with E-state index in [0.717, 1.165) is 17.1 Å². The van der Waals surface area contributed by atoms with Gasteiger partial charge in [-0.25, -0.2) is 14.8 Å². The highest BCUT2D eigenvalue weighted by molar-refractivity contribution is 5.87. The van der Waals surface area contributed by atoms with Crippen molar-refractivity contribution in [2.24, 2.45) is 0 Å². The number of carboxylic acid groups (broad SMARTS) is 1. The third-order valence-corrected chi connectivity index (χ3v) is 2.64. The van der Waals surface area contributed by atoms with Crippen LogP contribution in [0, 0.1) is 6.92 Å². The van der Waals surface area contributed by atoms with E-state index in [0.29, 0.717) is 18.7 Å². The molecular formula is C14H15N3O2. The van der Waals surface area contributed by atoms with Gasteiger partial charge in [-0.05, 0) is 30.7 Å². The van der Waals surface area contributed by atoms with Crippen molar-refractivity contribution in [1.29, 1.82) is 0 Å². The van der Waals surface area contributed by atoms with Crippen LogP contribution in [0.3, 0.4) is 0 Å². The molecule has 2 aromatic rings. The summed E-state index contributed by atoms with van der Waals surface area (Å²) in [5.74, 6) is -0.166. The molecule has 1 heterocycles. The summed E-state index contributed by atoms with van der Waals surface area (Å²) in [5.41, 5.74) is 2.16. The van der Waals surface area contributed by atoms with Gasteiger partial charge < -0.3 is 10.4 Å². The molecule has 0 atom stereocenters. The van der Waals surface area contributed by atoms with E-state index in [4.69, 9.17) is 5.11 Å². The zero-order chi connectivity index (χ0) is 13.7. The molecule has 0 saturated carbocycles. The number of hydrogen-bond acceptors (Lipinski definition) is 4. The molecule has 5 nitrogen and oxygen atoms in total. The molecule has 2 rings (SSSR count). The van der Waals surface area contributed by atoms with Gasteiger partial charge >= 0.3 is 5.97 Å². The topological polar surface area (TPSA) is 75.1 Å². The fraction of sp³-hybridized carbons (Fsp3) is 0.214. The Hall–Kier alpha value is -2.27. The van der Waals surface area contributed by atoms with Crippen LogP contribution in [0.25, 0.3) is 0 Å². The van der Waals surface area contributed by atoms with Gasteiger partial charge in [0.2, 0.25) is 0 Å². The molecule has 0 amide bonds. The highest BCUT2D eigenvalue weighted by Gasteiger charge is 2.03. The highest BCUT2D eigenvalue weighted by Crippen LogP contribution is 2.05. The summed E-state index contributed by atoms with van der Waals surface area (Å²) in [7, 11) is 0. The minimum absolute atomic E-state index is 0.303. The predicted molar refractivity (Wildman–Crippen MR) is 70.7 cm³/mol. The van der Waals surface area contributed by atoms with Crippen molar-refractivity contribution in [2.75, 3.05) is 0 Å². The molecule has 5 heteroatoms. The van der Waals surface area contributed by atoms with Crippen molar-refractivity contribution in [3.8, 4) is 0 Å². The summed E-state index contributed by atoms with van der Waals surface area (Å²) in [4.78, 5) is 19.2. The molecule has 1 aromatic heterocycles. The lowest BCUT2D eigenvalue weighted by atomic mass is 10.1. The zero-order valence-corrected chi connectivity index (χ0v) is 10.6. The van der Waals surface area contributed by atoms with E-state index in [1.807, 2.05) is 19.1 Å². The highest BCUT2D eigenvalue weighted by atomic mass is 16.4. The lowest BCUT2D eigenvalue weighted by Gasteiger charge is -2.05. The largest absolute Gasteiger partial charge is 0.478 e. The summed E-state index contributed by atoms with van der Waals surface area (Å²) in [6, 6.07) is 8.74. The van der Waals surface area contributed by atoms with Gasteiger partial charge in [-0.3, -0.25) is 0 Å². The molecule has 0 aliphatic heterocycles. The summed E-state index contributed by atoms with van der Waals surface area (Å²) in [6.45, 7) is 3.07. The fourth-order valence-corrected chi connectivity index (χ4v) is 1.75. The Labute approximate surface area is 111 Å². The van der Waals surface area contributed by atoms with Crippen molar-refractivity contribution in [2.45, 2.75) is 20.0 Å². The molecule has 0 saturated heterocycles. The number of hydrogen-bond donors (Lipinski definition) is 2. The van der Waals surface area contributed by atoms with Crippen molar-refractivity contribution in [3.63, 3.8) is 0 Å². The Kier molecular flexibility index (Phi) is 4.20. The monoisotopic (exact) mass is 257 g/mol. The molecule has 0 unspecified atom stereocenters. The van der Waals surface area contributed by atoms with Crippen molar-refractivity contribution >= 4 is 5.97 Å². The lowest BCUT2D eigenvalue weighted by Crippen LogP contribution is -2.14. The van der Waals surface area contributed by atoms with Crippen LogP contribution in [0.1, 0.15) is 27.4 Å². The SMILES string of the molecule is Cc1nccc(CNCc2cccc(C(=O)O)c2)n1. The van der Waals surface area contributed by atoms with Crippen LogP contribution < -0.4 is 5.32 Å². The number of aromatic nitrogens is 2. The molecule has 0 spiro atoms. The van der Waals surface area contributed by atoms with E-state index >= 15 is 0 Å². The second-order valence-corrected chi connectivity index (χ2v) is 4.20. The smallest absolute Gasteiger partial charge is 0.335 e. The second-order valence-electron chi connectivity index (χ2n) is 4.20. The maximum Gasteiger partial charge on any atom is 0.335 e. The molecule has 2 N–H and O–H groups in total. The van der Waals surface area contributed by atoms with E-state index in [2.05, 4.69) is 15.3 Å². The van der Waals surface area contributed by atoms with Crippen molar-refractivity contribution in [3.05, 3.63) is 59.2 Å². The van der Waals surface area contributed by atoms with Gasteiger partial charge in [0.05, 0.1) is 11.3 Å². The van der Waals surface area contributed by atoms with Crippen LogP contribution in [0.15, 0.2) is 36.5 Å². The Balaban J connectivity index is 1.92. The molecule has 19 heavy (non-hydrogen) atoms. The van der Waals surface area contributed by atoms with E-state index in [9.17, 15) is 4.79 Å². The quantitative estimate of drug-likeness (QED) is 0.853. The maximum absolute atomic E-state index is 10.8. The molecule has 1 aromatic carbocycles. The molecular weight excluding hydrogens is 242 g/mol. The van der Waals surface area contributed by atoms with Gasteiger partial charge in [0.15, 0.2) is 0 Å². The third-order valence-electron chi connectivity index (χ3n) is 2.64. The Morgan fingerprint density at radius 3 is 2.89 bits per heavy atom. The number of aryl methyl sites for hydroxylation is 1. The number of benzene rings is 1. The number of carbonyl (C=O) groups is 1. The average Bonchev–Trinajstić information content (AvgIpc) is 2.39. The number of rotatable bonds is 5.